The average molecular weight is 566 g/mol. The van der Waals surface area contributed by atoms with Gasteiger partial charge in [0.05, 0.1) is 15.2 Å². The van der Waals surface area contributed by atoms with Crippen molar-refractivity contribution < 1.29 is 27.6 Å². The molecule has 1 unspecified atom stereocenters. The molecule has 202 valence electrons. The van der Waals surface area contributed by atoms with E-state index in [1.165, 1.54) is 12.1 Å². The number of halogens is 3. The smallest absolute Gasteiger partial charge is 0.321 e. The summed E-state index contributed by atoms with van der Waals surface area (Å²) in [6, 6.07) is 9.17. The quantitative estimate of drug-likeness (QED) is 0.374. The lowest BCUT2D eigenvalue weighted by Crippen LogP contribution is -2.44. The molecule has 4 amide bonds. The van der Waals surface area contributed by atoms with E-state index in [1.807, 2.05) is 23.6 Å². The van der Waals surface area contributed by atoms with Crippen LogP contribution in [0.2, 0.25) is 0 Å². The van der Waals surface area contributed by atoms with Crippen LogP contribution in [0.15, 0.2) is 36.4 Å². The molecule has 1 aromatic heterocycles. The molecule has 8 nitrogen and oxygen atoms in total. The normalized spacial score (nSPS) is 15.7. The molecule has 0 bridgehead atoms. The molecule has 1 aliphatic rings. The van der Waals surface area contributed by atoms with Crippen LogP contribution in [0.3, 0.4) is 0 Å². The number of hydrogen-bond acceptors (Lipinski definition) is 6. The fourth-order valence-electron chi connectivity index (χ4n) is 3.84. The monoisotopic (exact) mass is 565 g/mol. The maximum Gasteiger partial charge on any atom is 0.321 e. The molecular weight excluding hydrogens is 539 g/mol. The van der Waals surface area contributed by atoms with Crippen LogP contribution in [0.1, 0.15) is 40.7 Å². The predicted octanol–water partition coefficient (Wildman–Crippen LogP) is 4.78. The maximum absolute atomic E-state index is 14.7. The minimum absolute atomic E-state index is 0.0633. The number of thiazole rings is 1. The lowest BCUT2D eigenvalue weighted by Gasteiger charge is -2.32. The molecule has 38 heavy (non-hydrogen) atoms. The first-order valence-corrected chi connectivity index (χ1v) is 13.7. The molecule has 0 radical (unpaired) electrons. The zero-order chi connectivity index (χ0) is 27.4. The molecule has 1 aliphatic heterocycles. The number of anilines is 1. The number of nitrogens with zero attached hydrogens (tertiary/aromatic N) is 2. The minimum atomic E-state index is -3.29. The van der Waals surface area contributed by atoms with Gasteiger partial charge in [0.1, 0.15) is 5.82 Å². The van der Waals surface area contributed by atoms with E-state index in [2.05, 4.69) is 24.1 Å². The lowest BCUT2D eigenvalue weighted by molar-refractivity contribution is -0.132. The van der Waals surface area contributed by atoms with E-state index in [0.29, 0.717) is 42.4 Å². The van der Waals surface area contributed by atoms with Gasteiger partial charge in [-0.25, -0.2) is 14.2 Å². The van der Waals surface area contributed by atoms with Crippen molar-refractivity contribution >= 4 is 56.8 Å². The van der Waals surface area contributed by atoms with E-state index < -0.39 is 24.1 Å². The molecule has 2 heterocycles. The van der Waals surface area contributed by atoms with Gasteiger partial charge in [0.15, 0.2) is 0 Å². The minimum Gasteiger partial charge on any atom is -0.323 e. The fourth-order valence-corrected chi connectivity index (χ4v) is 6.09. The molecule has 2 aromatic carbocycles. The topological polar surface area (TPSA) is 103 Å². The van der Waals surface area contributed by atoms with Crippen molar-refractivity contribution in [1.29, 1.82) is 0 Å². The molecule has 3 aromatic rings. The summed E-state index contributed by atoms with van der Waals surface area (Å²) in [4.78, 5) is 42.1. The second-order valence-electron chi connectivity index (χ2n) is 9.01. The van der Waals surface area contributed by atoms with E-state index in [9.17, 15) is 27.6 Å². The number of benzene rings is 2. The molecule has 4 rings (SSSR count). The summed E-state index contributed by atoms with van der Waals surface area (Å²) >= 11 is 3.24. The maximum atomic E-state index is 14.7. The van der Waals surface area contributed by atoms with Gasteiger partial charge < -0.3 is 10.2 Å². The molecule has 1 saturated heterocycles. The van der Waals surface area contributed by atoms with E-state index in [-0.39, 0.29) is 16.8 Å². The Morgan fingerprint density at radius 3 is 2.63 bits per heavy atom. The highest BCUT2D eigenvalue weighted by atomic mass is 32.2. The van der Waals surface area contributed by atoms with Crippen molar-refractivity contribution in [3.8, 4) is 0 Å². The van der Waals surface area contributed by atoms with Crippen molar-refractivity contribution in [2.45, 2.75) is 37.9 Å². The first-order chi connectivity index (χ1) is 18.1. The summed E-state index contributed by atoms with van der Waals surface area (Å²) < 4.78 is 40.2. The van der Waals surface area contributed by atoms with Crippen LogP contribution in [0.4, 0.5) is 23.7 Å². The summed E-state index contributed by atoms with van der Waals surface area (Å²) in [7, 11) is 0. The van der Waals surface area contributed by atoms with E-state index in [4.69, 9.17) is 0 Å². The van der Waals surface area contributed by atoms with E-state index >= 15 is 0 Å². The number of rotatable bonds is 6. The van der Waals surface area contributed by atoms with Gasteiger partial charge in [-0.1, -0.05) is 19.9 Å². The highest BCUT2D eigenvalue weighted by molar-refractivity contribution is 8.00. The molecular formula is C25H26F3N5O3S2. The van der Waals surface area contributed by atoms with E-state index in [0.717, 1.165) is 21.3 Å². The fraction of sp³-hybridized carbons (Fsp3) is 0.360. The number of urea groups is 1. The third-order valence-corrected chi connectivity index (χ3v) is 8.36. The summed E-state index contributed by atoms with van der Waals surface area (Å²) in [5.74, 6) is -2.21. The molecule has 3 N–H and O–H groups in total. The first-order valence-electron chi connectivity index (χ1n) is 11.9. The Morgan fingerprint density at radius 2 is 1.92 bits per heavy atom. The molecule has 13 heteroatoms. The standard InChI is InChI=1S/C25H26F3N5O3S2/c1-13(2)24-30-19-6-5-16(11-20(19)38-24)29-25(36)33-7-8-37-17(12-33)9-14-3-4-15(10-18(14)26)22(34)31-32-23(35)21(27)28/h3-6,10-11,13,17,21H,7-9,12H2,1-2H3,(H,29,36)(H,31,34)(H,32,35). The van der Waals surface area contributed by atoms with Crippen LogP contribution in [-0.4, -0.2) is 58.2 Å². The summed E-state index contributed by atoms with van der Waals surface area (Å²) in [5, 5.41) is 3.92. The number of amides is 4. The Kier molecular flexibility index (Phi) is 8.77. The Bertz CT molecular complexity index is 1350. The third-order valence-electron chi connectivity index (χ3n) is 5.84. The van der Waals surface area contributed by atoms with Gasteiger partial charge in [0, 0.05) is 41.3 Å². The average Bonchev–Trinajstić information content (AvgIpc) is 3.32. The zero-order valence-corrected chi connectivity index (χ0v) is 22.2. The largest absolute Gasteiger partial charge is 0.323 e. The van der Waals surface area contributed by atoms with Gasteiger partial charge in [-0.2, -0.15) is 20.5 Å². The van der Waals surface area contributed by atoms with Gasteiger partial charge in [-0.15, -0.1) is 11.3 Å². The molecule has 1 atom stereocenters. The van der Waals surface area contributed by atoms with Crippen molar-refractivity contribution in [3.05, 3.63) is 58.3 Å². The van der Waals surface area contributed by atoms with Crippen LogP contribution in [0.5, 0.6) is 0 Å². The van der Waals surface area contributed by atoms with Crippen LogP contribution in [-0.2, 0) is 11.2 Å². The van der Waals surface area contributed by atoms with Crippen LogP contribution >= 0.6 is 23.1 Å². The second-order valence-corrected chi connectivity index (χ2v) is 11.5. The molecule has 0 spiro atoms. The van der Waals surface area contributed by atoms with Crippen LogP contribution in [0, 0.1) is 5.82 Å². The number of hydrazine groups is 1. The van der Waals surface area contributed by atoms with Gasteiger partial charge in [0.2, 0.25) is 0 Å². The van der Waals surface area contributed by atoms with Crippen molar-refractivity contribution in [2.75, 3.05) is 24.2 Å². The van der Waals surface area contributed by atoms with Crippen molar-refractivity contribution in [2.24, 2.45) is 0 Å². The summed E-state index contributed by atoms with van der Waals surface area (Å²) in [6.07, 6.45) is -2.96. The highest BCUT2D eigenvalue weighted by Crippen LogP contribution is 2.30. The summed E-state index contributed by atoms with van der Waals surface area (Å²) in [6.45, 7) is 5.14. The first kappa shape index (κ1) is 27.7. The number of carbonyl (C=O) groups is 3. The molecule has 0 saturated carbocycles. The SMILES string of the molecule is CC(C)c1nc2ccc(NC(=O)N3CCSC(Cc4ccc(C(=O)NNC(=O)C(F)F)cc4F)C3)cc2s1. The van der Waals surface area contributed by atoms with E-state index in [1.54, 1.807) is 33.4 Å². The van der Waals surface area contributed by atoms with Crippen molar-refractivity contribution in [1.82, 2.24) is 20.7 Å². The number of nitrogens with one attached hydrogen (secondary N) is 3. The summed E-state index contributed by atoms with van der Waals surface area (Å²) in [5.41, 5.74) is 5.19. The highest BCUT2D eigenvalue weighted by Gasteiger charge is 2.26. The van der Waals surface area contributed by atoms with Gasteiger partial charge >= 0.3 is 18.4 Å². The molecule has 1 fully saturated rings. The van der Waals surface area contributed by atoms with Gasteiger partial charge in [-0.05, 0) is 42.3 Å². The lowest BCUT2D eigenvalue weighted by atomic mass is 10.1. The number of fused-ring (bicyclic) bond motifs is 1. The predicted molar refractivity (Wildman–Crippen MR) is 142 cm³/mol. The van der Waals surface area contributed by atoms with Gasteiger partial charge in [-0.3, -0.25) is 20.4 Å². The number of thioether (sulfide) groups is 1. The Labute approximate surface area is 225 Å². The number of alkyl halides is 2. The number of carbonyl (C=O) groups excluding carboxylic acids is 3. The Hall–Kier alpha value is -3.32. The Morgan fingerprint density at radius 1 is 1.13 bits per heavy atom. The number of aromatic nitrogens is 1. The third kappa shape index (κ3) is 6.76. The van der Waals surface area contributed by atoms with Gasteiger partial charge in [0.25, 0.3) is 5.91 Å². The van der Waals surface area contributed by atoms with Crippen LogP contribution in [0.25, 0.3) is 10.2 Å². The van der Waals surface area contributed by atoms with Crippen molar-refractivity contribution in [3.63, 3.8) is 0 Å². The zero-order valence-electron chi connectivity index (χ0n) is 20.6. The molecule has 0 aliphatic carbocycles. The van der Waals surface area contributed by atoms with Crippen LogP contribution < -0.4 is 16.2 Å². The second kappa shape index (κ2) is 12.0. The number of hydrogen-bond donors (Lipinski definition) is 3. The Balaban J connectivity index is 1.34.